The first-order chi connectivity index (χ1) is 7.16. The number of aryl methyl sites for hydroxylation is 1. The van der Waals surface area contributed by atoms with Crippen molar-refractivity contribution in [1.82, 2.24) is 20.2 Å². The molecule has 2 N–H and O–H groups in total. The number of aromatic nitrogens is 2. The molecule has 1 fully saturated rings. The molecular formula is C8H10N4O2S. The van der Waals surface area contributed by atoms with Crippen LogP contribution in [0.25, 0.3) is 0 Å². The highest BCUT2D eigenvalue weighted by molar-refractivity contribution is 7.08. The first kappa shape index (κ1) is 10.0. The Balaban J connectivity index is 1.98. The lowest BCUT2D eigenvalue weighted by Gasteiger charge is -2.08. The van der Waals surface area contributed by atoms with Gasteiger partial charge in [-0.05, 0) is 18.5 Å². The summed E-state index contributed by atoms with van der Waals surface area (Å²) in [5.41, 5.74) is 0.620. The maximum atomic E-state index is 11.7. The Morgan fingerprint density at radius 2 is 2.47 bits per heavy atom. The number of hydrogen-bond donors (Lipinski definition) is 2. The molecule has 0 radical (unpaired) electrons. The monoisotopic (exact) mass is 226 g/mol. The van der Waals surface area contributed by atoms with Crippen LogP contribution in [0.2, 0.25) is 0 Å². The summed E-state index contributed by atoms with van der Waals surface area (Å²) in [6, 6.07) is -0.119. The van der Waals surface area contributed by atoms with Crippen LogP contribution in [0.15, 0.2) is 0 Å². The molecule has 15 heavy (non-hydrogen) atoms. The Morgan fingerprint density at radius 3 is 3.00 bits per heavy atom. The second kappa shape index (κ2) is 3.93. The molecule has 80 valence electrons. The van der Waals surface area contributed by atoms with Crippen LogP contribution >= 0.6 is 11.5 Å². The number of hydrogen-bond acceptors (Lipinski definition) is 5. The van der Waals surface area contributed by atoms with Crippen LogP contribution in [-0.2, 0) is 4.79 Å². The first-order valence-electron chi connectivity index (χ1n) is 4.53. The first-order valence-corrected chi connectivity index (χ1v) is 5.30. The van der Waals surface area contributed by atoms with Crippen LogP contribution < -0.4 is 10.6 Å². The van der Waals surface area contributed by atoms with E-state index in [0.29, 0.717) is 23.5 Å². The van der Waals surface area contributed by atoms with Crippen molar-refractivity contribution >= 4 is 23.3 Å². The summed E-state index contributed by atoms with van der Waals surface area (Å²) in [5, 5.41) is 9.17. The van der Waals surface area contributed by atoms with E-state index in [1.165, 1.54) is 0 Å². The van der Waals surface area contributed by atoms with Crippen molar-refractivity contribution in [3.63, 3.8) is 0 Å². The predicted octanol–water partition coefficient (Wildman–Crippen LogP) is -0.535. The van der Waals surface area contributed by atoms with Crippen molar-refractivity contribution in [3.8, 4) is 0 Å². The molecule has 1 aromatic rings. The van der Waals surface area contributed by atoms with E-state index in [1.54, 1.807) is 6.92 Å². The molecule has 0 spiro atoms. The van der Waals surface area contributed by atoms with Gasteiger partial charge in [-0.2, -0.15) is 0 Å². The highest BCUT2D eigenvalue weighted by Crippen LogP contribution is 2.10. The Kier molecular flexibility index (Phi) is 2.63. The van der Waals surface area contributed by atoms with Gasteiger partial charge in [-0.15, -0.1) is 5.10 Å². The van der Waals surface area contributed by atoms with Crippen LogP contribution in [0, 0.1) is 6.92 Å². The minimum absolute atomic E-state index is 0.0283. The second-order valence-electron chi connectivity index (χ2n) is 3.37. The molecule has 0 unspecified atom stereocenters. The lowest BCUT2D eigenvalue weighted by Crippen LogP contribution is -2.36. The van der Waals surface area contributed by atoms with Gasteiger partial charge >= 0.3 is 0 Å². The van der Waals surface area contributed by atoms with Gasteiger partial charge in [-0.25, -0.2) is 0 Å². The third-order valence-electron chi connectivity index (χ3n) is 2.17. The molecule has 0 bridgehead atoms. The van der Waals surface area contributed by atoms with E-state index in [0.717, 1.165) is 11.5 Å². The fourth-order valence-electron chi connectivity index (χ4n) is 1.40. The highest BCUT2D eigenvalue weighted by atomic mass is 32.1. The number of nitrogens with one attached hydrogen (secondary N) is 2. The number of amides is 2. The number of rotatable bonds is 2. The third kappa shape index (κ3) is 2.12. The number of carbonyl (C=O) groups is 2. The molecule has 7 heteroatoms. The lowest BCUT2D eigenvalue weighted by atomic mass is 10.2. The quantitative estimate of drug-likeness (QED) is 0.709. The van der Waals surface area contributed by atoms with Gasteiger partial charge in [0.2, 0.25) is 5.91 Å². The maximum absolute atomic E-state index is 11.7. The van der Waals surface area contributed by atoms with Gasteiger partial charge < -0.3 is 10.6 Å². The normalized spacial score (nSPS) is 20.1. The Labute approximate surface area is 90.2 Å². The van der Waals surface area contributed by atoms with E-state index in [2.05, 4.69) is 20.2 Å². The summed E-state index contributed by atoms with van der Waals surface area (Å²) < 4.78 is 3.68. The van der Waals surface area contributed by atoms with E-state index < -0.39 is 0 Å². The average Bonchev–Trinajstić information content (AvgIpc) is 2.75. The van der Waals surface area contributed by atoms with Crippen molar-refractivity contribution in [1.29, 1.82) is 0 Å². The minimum atomic E-state index is -0.205. The van der Waals surface area contributed by atoms with E-state index in [-0.39, 0.29) is 17.9 Å². The van der Waals surface area contributed by atoms with Crippen LogP contribution in [0.1, 0.15) is 21.8 Å². The summed E-state index contributed by atoms with van der Waals surface area (Å²) in [6.07, 6.45) is 0.344. The van der Waals surface area contributed by atoms with Gasteiger partial charge in [0, 0.05) is 13.0 Å². The van der Waals surface area contributed by atoms with Gasteiger partial charge in [0.25, 0.3) is 5.91 Å². The van der Waals surface area contributed by atoms with Crippen LogP contribution in [0.4, 0.5) is 0 Å². The van der Waals surface area contributed by atoms with Crippen molar-refractivity contribution in [2.45, 2.75) is 19.4 Å². The molecule has 1 aromatic heterocycles. The van der Waals surface area contributed by atoms with Gasteiger partial charge in [-0.1, -0.05) is 4.49 Å². The summed E-state index contributed by atoms with van der Waals surface area (Å²) in [6.45, 7) is 2.23. The molecular weight excluding hydrogens is 216 g/mol. The molecule has 1 aliphatic rings. The Bertz CT molecular complexity index is 403. The third-order valence-corrected chi connectivity index (χ3v) is 3.00. The molecule has 2 rings (SSSR count). The molecule has 1 atom stereocenters. The van der Waals surface area contributed by atoms with E-state index in [4.69, 9.17) is 0 Å². The maximum Gasteiger partial charge on any atom is 0.265 e. The summed E-state index contributed by atoms with van der Waals surface area (Å²) >= 11 is 1.06. The Morgan fingerprint density at radius 1 is 1.67 bits per heavy atom. The van der Waals surface area contributed by atoms with Crippen molar-refractivity contribution in [3.05, 3.63) is 10.6 Å². The largest absolute Gasteiger partial charge is 0.354 e. The molecule has 2 amide bonds. The predicted molar refractivity (Wildman–Crippen MR) is 53.5 cm³/mol. The van der Waals surface area contributed by atoms with Crippen LogP contribution in [-0.4, -0.2) is 34.0 Å². The SMILES string of the molecule is Cc1nnsc1C(=O)N[C@H]1CNC(=O)C1. The standard InChI is InChI=1S/C8H10N4O2S/c1-4-7(15-12-11-4)8(14)10-5-2-6(13)9-3-5/h5H,2-3H2,1H3,(H,9,13)(H,10,14)/t5-/m1/s1. The van der Waals surface area contributed by atoms with E-state index in [9.17, 15) is 9.59 Å². The number of nitrogens with zero attached hydrogens (tertiary/aromatic N) is 2. The molecule has 0 aliphatic carbocycles. The summed E-state index contributed by atoms with van der Waals surface area (Å²) in [4.78, 5) is 23.1. The van der Waals surface area contributed by atoms with Crippen molar-refractivity contribution in [2.75, 3.05) is 6.54 Å². The summed E-state index contributed by atoms with van der Waals surface area (Å²) in [5.74, 6) is -0.233. The van der Waals surface area contributed by atoms with Crippen LogP contribution in [0.3, 0.4) is 0 Å². The van der Waals surface area contributed by atoms with Crippen molar-refractivity contribution in [2.24, 2.45) is 0 Å². The zero-order valence-electron chi connectivity index (χ0n) is 8.11. The smallest absolute Gasteiger partial charge is 0.265 e. The number of carbonyl (C=O) groups excluding carboxylic acids is 2. The molecule has 0 aromatic carbocycles. The van der Waals surface area contributed by atoms with Crippen molar-refractivity contribution < 1.29 is 9.59 Å². The Hall–Kier alpha value is -1.50. The summed E-state index contributed by atoms with van der Waals surface area (Å²) in [7, 11) is 0. The van der Waals surface area contributed by atoms with E-state index >= 15 is 0 Å². The highest BCUT2D eigenvalue weighted by Gasteiger charge is 2.24. The molecule has 0 saturated carbocycles. The van der Waals surface area contributed by atoms with Gasteiger partial charge in [0.1, 0.15) is 4.88 Å². The average molecular weight is 226 g/mol. The van der Waals surface area contributed by atoms with Gasteiger partial charge in [-0.3, -0.25) is 9.59 Å². The fraction of sp³-hybridized carbons (Fsp3) is 0.500. The fourth-order valence-corrected chi connectivity index (χ4v) is 1.96. The minimum Gasteiger partial charge on any atom is -0.354 e. The molecule has 1 aliphatic heterocycles. The zero-order valence-corrected chi connectivity index (χ0v) is 8.93. The zero-order chi connectivity index (χ0) is 10.8. The second-order valence-corrected chi connectivity index (χ2v) is 4.12. The van der Waals surface area contributed by atoms with Gasteiger partial charge in [0.05, 0.1) is 11.7 Å². The molecule has 6 nitrogen and oxygen atoms in total. The molecule has 1 saturated heterocycles. The van der Waals surface area contributed by atoms with Crippen LogP contribution in [0.5, 0.6) is 0 Å². The van der Waals surface area contributed by atoms with Gasteiger partial charge in [0.15, 0.2) is 0 Å². The molecule has 2 heterocycles. The lowest BCUT2D eigenvalue weighted by molar-refractivity contribution is -0.119. The van der Waals surface area contributed by atoms with E-state index in [1.807, 2.05) is 0 Å². The topological polar surface area (TPSA) is 84.0 Å².